The number of anilines is 1. The lowest BCUT2D eigenvalue weighted by Gasteiger charge is -2.03. The molecule has 2 rings (SSSR count). The van der Waals surface area contributed by atoms with E-state index < -0.39 is 0 Å². The quantitative estimate of drug-likeness (QED) is 0.651. The van der Waals surface area contributed by atoms with Crippen molar-refractivity contribution >= 4 is 29.1 Å². The first-order valence-corrected chi connectivity index (χ1v) is 5.60. The maximum atomic E-state index is 5.78. The SMILES string of the molecule is Cc1ccnc(Sc2ncnc(Cl)c2N)n1. The van der Waals surface area contributed by atoms with Gasteiger partial charge in [-0.25, -0.2) is 19.9 Å². The predicted octanol–water partition coefficient (Wildman–Crippen LogP) is 1.96. The molecule has 0 atom stereocenters. The topological polar surface area (TPSA) is 77.6 Å². The number of rotatable bonds is 2. The molecule has 0 saturated heterocycles. The molecule has 7 heteroatoms. The van der Waals surface area contributed by atoms with E-state index in [1.54, 1.807) is 6.20 Å². The Kier molecular flexibility index (Phi) is 3.21. The molecule has 2 heterocycles. The fourth-order valence-electron chi connectivity index (χ4n) is 1.00. The number of hydrogen-bond donors (Lipinski definition) is 1. The second-order valence-corrected chi connectivity index (χ2v) is 4.28. The molecule has 0 radical (unpaired) electrons. The van der Waals surface area contributed by atoms with E-state index >= 15 is 0 Å². The highest BCUT2D eigenvalue weighted by Crippen LogP contribution is 2.30. The van der Waals surface area contributed by atoms with Gasteiger partial charge < -0.3 is 5.73 Å². The Morgan fingerprint density at radius 1 is 1.31 bits per heavy atom. The summed E-state index contributed by atoms with van der Waals surface area (Å²) in [6.45, 7) is 1.89. The van der Waals surface area contributed by atoms with Gasteiger partial charge in [-0.3, -0.25) is 0 Å². The Morgan fingerprint density at radius 3 is 2.88 bits per heavy atom. The zero-order valence-corrected chi connectivity index (χ0v) is 9.96. The molecule has 0 saturated carbocycles. The summed E-state index contributed by atoms with van der Waals surface area (Å²) in [5, 5.41) is 1.39. The van der Waals surface area contributed by atoms with E-state index in [0.717, 1.165) is 5.69 Å². The standard InChI is InChI=1S/C9H8ClN5S/c1-5-2-3-12-9(15-5)16-8-6(11)7(10)13-4-14-8/h2-4H,11H2,1H3. The molecular weight excluding hydrogens is 246 g/mol. The van der Waals surface area contributed by atoms with E-state index in [4.69, 9.17) is 17.3 Å². The number of nitrogens with zero attached hydrogens (tertiary/aromatic N) is 4. The van der Waals surface area contributed by atoms with Crippen LogP contribution in [0.1, 0.15) is 5.69 Å². The molecule has 0 aromatic carbocycles. The van der Waals surface area contributed by atoms with Gasteiger partial charge in [-0.1, -0.05) is 11.6 Å². The van der Waals surface area contributed by atoms with Gasteiger partial charge in [0.25, 0.3) is 0 Å². The fraction of sp³-hybridized carbons (Fsp3) is 0.111. The third-order valence-corrected chi connectivity index (χ3v) is 2.96. The summed E-state index contributed by atoms with van der Waals surface area (Å²) in [7, 11) is 0. The highest BCUT2D eigenvalue weighted by Gasteiger charge is 2.09. The highest BCUT2D eigenvalue weighted by molar-refractivity contribution is 7.99. The molecule has 0 amide bonds. The Morgan fingerprint density at radius 2 is 2.12 bits per heavy atom. The summed E-state index contributed by atoms with van der Waals surface area (Å²) in [5.74, 6) is 0. The summed E-state index contributed by atoms with van der Waals surface area (Å²) in [6.07, 6.45) is 3.04. The predicted molar refractivity (Wildman–Crippen MR) is 62.3 cm³/mol. The van der Waals surface area contributed by atoms with Gasteiger partial charge in [-0.05, 0) is 24.8 Å². The smallest absolute Gasteiger partial charge is 0.194 e. The monoisotopic (exact) mass is 253 g/mol. The molecular formula is C9H8ClN5S. The summed E-state index contributed by atoms with van der Waals surface area (Å²) < 4.78 is 0. The maximum Gasteiger partial charge on any atom is 0.194 e. The average Bonchev–Trinajstić information content (AvgIpc) is 2.25. The number of halogens is 1. The van der Waals surface area contributed by atoms with Crippen molar-refractivity contribution in [3.8, 4) is 0 Å². The van der Waals surface area contributed by atoms with Crippen molar-refractivity contribution in [2.24, 2.45) is 0 Å². The fourth-order valence-corrected chi connectivity index (χ4v) is 1.97. The van der Waals surface area contributed by atoms with E-state index in [0.29, 0.717) is 15.9 Å². The van der Waals surface area contributed by atoms with E-state index in [1.165, 1.54) is 18.1 Å². The summed E-state index contributed by atoms with van der Waals surface area (Å²) in [4.78, 5) is 16.1. The molecule has 2 N–H and O–H groups in total. The van der Waals surface area contributed by atoms with Crippen LogP contribution in [0.15, 0.2) is 28.8 Å². The second-order valence-electron chi connectivity index (χ2n) is 2.97. The van der Waals surface area contributed by atoms with E-state index in [1.807, 2.05) is 13.0 Å². The van der Waals surface area contributed by atoms with Gasteiger partial charge in [0.1, 0.15) is 17.0 Å². The van der Waals surface area contributed by atoms with Crippen molar-refractivity contribution in [2.45, 2.75) is 17.1 Å². The Labute approximate surface area is 101 Å². The van der Waals surface area contributed by atoms with Crippen LogP contribution in [0.25, 0.3) is 0 Å². The van der Waals surface area contributed by atoms with Crippen molar-refractivity contribution in [1.29, 1.82) is 0 Å². The number of nitrogens with two attached hydrogens (primary N) is 1. The first-order valence-electron chi connectivity index (χ1n) is 4.40. The molecule has 0 aliphatic heterocycles. The van der Waals surface area contributed by atoms with Gasteiger partial charge in [0, 0.05) is 11.9 Å². The highest BCUT2D eigenvalue weighted by atomic mass is 35.5. The molecule has 2 aromatic rings. The van der Waals surface area contributed by atoms with Gasteiger partial charge in [0.05, 0.1) is 0 Å². The summed E-state index contributed by atoms with van der Waals surface area (Å²) in [5.41, 5.74) is 6.97. The zero-order chi connectivity index (χ0) is 11.5. The zero-order valence-electron chi connectivity index (χ0n) is 8.38. The summed E-state index contributed by atoms with van der Waals surface area (Å²) in [6, 6.07) is 1.82. The largest absolute Gasteiger partial charge is 0.394 e. The summed E-state index contributed by atoms with van der Waals surface area (Å²) >= 11 is 7.04. The molecule has 0 unspecified atom stereocenters. The Bertz CT molecular complexity index is 519. The number of hydrogen-bond acceptors (Lipinski definition) is 6. The van der Waals surface area contributed by atoms with Crippen LogP contribution in [-0.2, 0) is 0 Å². The molecule has 0 fully saturated rings. The van der Waals surface area contributed by atoms with Crippen molar-refractivity contribution in [1.82, 2.24) is 19.9 Å². The van der Waals surface area contributed by atoms with Crippen LogP contribution in [0.5, 0.6) is 0 Å². The van der Waals surface area contributed by atoms with Gasteiger partial charge >= 0.3 is 0 Å². The third-order valence-electron chi connectivity index (χ3n) is 1.76. The van der Waals surface area contributed by atoms with Crippen LogP contribution < -0.4 is 5.73 Å². The van der Waals surface area contributed by atoms with Gasteiger partial charge in [-0.2, -0.15) is 0 Å². The van der Waals surface area contributed by atoms with Crippen LogP contribution >= 0.6 is 23.4 Å². The molecule has 0 spiro atoms. The molecule has 5 nitrogen and oxygen atoms in total. The molecule has 16 heavy (non-hydrogen) atoms. The second kappa shape index (κ2) is 4.63. The van der Waals surface area contributed by atoms with Crippen LogP contribution in [-0.4, -0.2) is 19.9 Å². The normalized spacial score (nSPS) is 10.4. The molecule has 82 valence electrons. The Hall–Kier alpha value is -1.40. The molecule has 0 aliphatic carbocycles. The van der Waals surface area contributed by atoms with Crippen LogP contribution in [0.3, 0.4) is 0 Å². The van der Waals surface area contributed by atoms with E-state index in [-0.39, 0.29) is 5.15 Å². The molecule has 2 aromatic heterocycles. The van der Waals surface area contributed by atoms with Crippen molar-refractivity contribution in [3.05, 3.63) is 29.4 Å². The lowest BCUT2D eigenvalue weighted by molar-refractivity contribution is 0.926. The minimum Gasteiger partial charge on any atom is -0.394 e. The number of nitrogen functional groups attached to an aromatic ring is 1. The Balaban J connectivity index is 2.31. The lowest BCUT2D eigenvalue weighted by Crippen LogP contribution is -1.96. The lowest BCUT2D eigenvalue weighted by atomic mass is 10.5. The number of aromatic nitrogens is 4. The van der Waals surface area contributed by atoms with E-state index in [2.05, 4.69) is 19.9 Å². The minimum absolute atomic E-state index is 0.241. The minimum atomic E-state index is 0.241. The van der Waals surface area contributed by atoms with Crippen LogP contribution in [0.2, 0.25) is 5.15 Å². The van der Waals surface area contributed by atoms with Gasteiger partial charge in [0.15, 0.2) is 10.3 Å². The first kappa shape index (κ1) is 11.1. The van der Waals surface area contributed by atoms with Gasteiger partial charge in [-0.15, -0.1) is 0 Å². The maximum absolute atomic E-state index is 5.78. The average molecular weight is 254 g/mol. The van der Waals surface area contributed by atoms with Crippen LogP contribution in [0.4, 0.5) is 5.69 Å². The van der Waals surface area contributed by atoms with Crippen molar-refractivity contribution < 1.29 is 0 Å². The van der Waals surface area contributed by atoms with Crippen LogP contribution in [0, 0.1) is 6.92 Å². The molecule has 0 bridgehead atoms. The molecule has 0 aliphatic rings. The van der Waals surface area contributed by atoms with Gasteiger partial charge in [0.2, 0.25) is 0 Å². The van der Waals surface area contributed by atoms with E-state index in [9.17, 15) is 0 Å². The number of aryl methyl sites for hydroxylation is 1. The van der Waals surface area contributed by atoms with Crippen molar-refractivity contribution in [3.63, 3.8) is 0 Å². The first-order chi connectivity index (χ1) is 7.66. The van der Waals surface area contributed by atoms with Crippen molar-refractivity contribution in [2.75, 3.05) is 5.73 Å². The third kappa shape index (κ3) is 2.40.